The van der Waals surface area contributed by atoms with Gasteiger partial charge in [-0.1, -0.05) is 23.2 Å². The van der Waals surface area contributed by atoms with E-state index in [-0.39, 0.29) is 12.3 Å². The molecular weight excluding hydrogens is 315 g/mol. The van der Waals surface area contributed by atoms with Crippen molar-refractivity contribution in [1.29, 1.82) is 0 Å². The van der Waals surface area contributed by atoms with Crippen LogP contribution < -0.4 is 10.1 Å². The van der Waals surface area contributed by atoms with E-state index in [9.17, 15) is 10.1 Å². The molecule has 110 valence electrons. The van der Waals surface area contributed by atoms with Gasteiger partial charge in [0.1, 0.15) is 18.0 Å². The van der Waals surface area contributed by atoms with Crippen molar-refractivity contribution in [3.63, 3.8) is 0 Å². The minimum absolute atomic E-state index is 0.0158. The lowest BCUT2D eigenvalue weighted by atomic mass is 10.2. The van der Waals surface area contributed by atoms with Crippen LogP contribution in [0.5, 0.6) is 5.75 Å². The quantitative estimate of drug-likeness (QED) is 0.648. The zero-order valence-electron chi connectivity index (χ0n) is 11.1. The molecule has 1 N–H and O–H groups in total. The van der Waals surface area contributed by atoms with Crippen molar-refractivity contribution in [3.8, 4) is 5.75 Å². The van der Waals surface area contributed by atoms with E-state index in [2.05, 4.69) is 5.32 Å². The third-order valence-corrected chi connectivity index (χ3v) is 3.36. The number of hydrogen-bond donors (Lipinski definition) is 1. The van der Waals surface area contributed by atoms with Gasteiger partial charge in [-0.15, -0.1) is 0 Å². The van der Waals surface area contributed by atoms with E-state index in [1.165, 1.54) is 6.07 Å². The zero-order chi connectivity index (χ0) is 15.4. The van der Waals surface area contributed by atoms with E-state index in [0.29, 0.717) is 21.5 Å². The van der Waals surface area contributed by atoms with Crippen LogP contribution in [0.2, 0.25) is 10.0 Å². The maximum Gasteiger partial charge on any atom is 0.292 e. The van der Waals surface area contributed by atoms with E-state index < -0.39 is 4.92 Å². The van der Waals surface area contributed by atoms with Gasteiger partial charge in [0.15, 0.2) is 0 Å². The molecule has 2 aromatic rings. The third-order valence-electron chi connectivity index (χ3n) is 2.81. The fourth-order valence-electron chi connectivity index (χ4n) is 1.78. The summed E-state index contributed by atoms with van der Waals surface area (Å²) in [7, 11) is 1.63. The van der Waals surface area contributed by atoms with Crippen LogP contribution in [-0.4, -0.2) is 12.0 Å². The lowest BCUT2D eigenvalue weighted by Gasteiger charge is -2.10. The van der Waals surface area contributed by atoms with Crippen molar-refractivity contribution in [1.82, 2.24) is 0 Å². The summed E-state index contributed by atoms with van der Waals surface area (Å²) in [6.45, 7) is 0.229. The lowest BCUT2D eigenvalue weighted by Crippen LogP contribution is -2.00. The van der Waals surface area contributed by atoms with Gasteiger partial charge in [0.25, 0.3) is 5.69 Å². The number of anilines is 1. The summed E-state index contributed by atoms with van der Waals surface area (Å²) >= 11 is 11.9. The number of halogens is 2. The first kappa shape index (κ1) is 15.4. The highest BCUT2D eigenvalue weighted by molar-refractivity contribution is 6.34. The third kappa shape index (κ3) is 3.77. The summed E-state index contributed by atoms with van der Waals surface area (Å²) in [4.78, 5) is 10.4. The van der Waals surface area contributed by atoms with Gasteiger partial charge >= 0.3 is 0 Å². The van der Waals surface area contributed by atoms with Gasteiger partial charge in [0.2, 0.25) is 0 Å². The molecule has 5 nitrogen and oxygen atoms in total. The van der Waals surface area contributed by atoms with Crippen molar-refractivity contribution >= 4 is 34.6 Å². The Morgan fingerprint density at radius 2 is 2.00 bits per heavy atom. The molecule has 0 aliphatic heterocycles. The number of nitrogens with zero attached hydrogens (tertiary/aromatic N) is 1. The molecular formula is C14H12Cl2N2O3. The topological polar surface area (TPSA) is 64.4 Å². The highest BCUT2D eigenvalue weighted by atomic mass is 35.5. The predicted octanol–water partition coefficient (Wildman–Crippen LogP) is 4.52. The molecule has 0 aliphatic rings. The average Bonchev–Trinajstić information content (AvgIpc) is 2.47. The lowest BCUT2D eigenvalue weighted by molar-refractivity contribution is -0.384. The molecule has 0 heterocycles. The Morgan fingerprint density at radius 1 is 1.24 bits per heavy atom. The summed E-state index contributed by atoms with van der Waals surface area (Å²) in [5, 5.41) is 14.6. The van der Waals surface area contributed by atoms with Crippen molar-refractivity contribution in [3.05, 3.63) is 62.1 Å². The molecule has 2 aromatic carbocycles. The van der Waals surface area contributed by atoms with E-state index in [1.807, 2.05) is 0 Å². The van der Waals surface area contributed by atoms with Crippen LogP contribution in [-0.2, 0) is 6.61 Å². The second kappa shape index (κ2) is 6.65. The number of nitrogens with one attached hydrogen (secondary N) is 1. The van der Waals surface area contributed by atoms with Gasteiger partial charge in [0.05, 0.1) is 9.95 Å². The number of rotatable bonds is 5. The van der Waals surface area contributed by atoms with Gasteiger partial charge in [-0.3, -0.25) is 10.1 Å². The highest BCUT2D eigenvalue weighted by Crippen LogP contribution is 2.29. The molecule has 0 saturated heterocycles. The Hall–Kier alpha value is -1.98. The number of benzene rings is 2. The Kier molecular flexibility index (Phi) is 4.88. The Balaban J connectivity index is 2.17. The number of nitro benzene ring substituents is 1. The molecule has 0 spiro atoms. The van der Waals surface area contributed by atoms with Crippen molar-refractivity contribution in [2.75, 3.05) is 12.4 Å². The number of ether oxygens (including phenoxy) is 1. The number of hydrogen-bond acceptors (Lipinski definition) is 4. The van der Waals surface area contributed by atoms with Gasteiger partial charge in [-0.05, 0) is 29.8 Å². The van der Waals surface area contributed by atoms with Crippen LogP contribution in [0.25, 0.3) is 0 Å². The maximum atomic E-state index is 10.9. The largest absolute Gasteiger partial charge is 0.487 e. The Labute approximate surface area is 131 Å². The van der Waals surface area contributed by atoms with E-state index in [4.69, 9.17) is 27.9 Å². The average molecular weight is 327 g/mol. The first-order valence-corrected chi connectivity index (χ1v) is 6.80. The first-order chi connectivity index (χ1) is 10.0. The van der Waals surface area contributed by atoms with Crippen molar-refractivity contribution in [2.24, 2.45) is 0 Å². The molecule has 0 unspecified atom stereocenters. The van der Waals surface area contributed by atoms with E-state index in [0.717, 1.165) is 5.56 Å². The summed E-state index contributed by atoms with van der Waals surface area (Å²) in [5.41, 5.74) is 1.22. The second-order valence-corrected chi connectivity index (χ2v) is 5.07. The van der Waals surface area contributed by atoms with Gasteiger partial charge in [-0.2, -0.15) is 0 Å². The second-order valence-electron chi connectivity index (χ2n) is 4.22. The molecule has 0 radical (unpaired) electrons. The normalized spacial score (nSPS) is 10.2. The van der Waals surface area contributed by atoms with Gasteiger partial charge in [-0.25, -0.2) is 0 Å². The van der Waals surface area contributed by atoms with Crippen LogP contribution >= 0.6 is 23.2 Å². The maximum absolute atomic E-state index is 10.9. The fourth-order valence-corrected chi connectivity index (χ4v) is 2.12. The van der Waals surface area contributed by atoms with Gasteiger partial charge in [0, 0.05) is 24.2 Å². The molecule has 2 rings (SSSR count). The minimum atomic E-state index is -0.440. The molecule has 7 heteroatoms. The minimum Gasteiger partial charge on any atom is -0.487 e. The predicted molar refractivity (Wildman–Crippen MR) is 83.4 cm³/mol. The van der Waals surface area contributed by atoms with Crippen LogP contribution in [0, 0.1) is 10.1 Å². The molecule has 0 amide bonds. The zero-order valence-corrected chi connectivity index (χ0v) is 12.6. The molecule has 21 heavy (non-hydrogen) atoms. The number of nitro groups is 1. The van der Waals surface area contributed by atoms with Crippen molar-refractivity contribution < 1.29 is 9.66 Å². The van der Waals surface area contributed by atoms with E-state index >= 15 is 0 Å². The SMILES string of the molecule is CNc1cc(COc2cc(Cl)ccc2Cl)ccc1[N+](=O)[O-]. The molecule has 0 aliphatic carbocycles. The molecule has 0 bridgehead atoms. The first-order valence-electron chi connectivity index (χ1n) is 6.04. The monoisotopic (exact) mass is 326 g/mol. The Bertz CT molecular complexity index is 677. The van der Waals surface area contributed by atoms with E-state index in [1.54, 1.807) is 37.4 Å². The molecule has 0 aromatic heterocycles. The molecule has 0 saturated carbocycles. The standard InChI is InChI=1S/C14H12Cl2N2O3/c1-17-12-6-9(2-5-13(12)18(19)20)8-21-14-7-10(15)3-4-11(14)16/h2-7,17H,8H2,1H3. The van der Waals surface area contributed by atoms with Crippen LogP contribution in [0.4, 0.5) is 11.4 Å². The fraction of sp³-hybridized carbons (Fsp3) is 0.143. The van der Waals surface area contributed by atoms with Crippen LogP contribution in [0.3, 0.4) is 0 Å². The molecule has 0 fully saturated rings. The Morgan fingerprint density at radius 3 is 2.67 bits per heavy atom. The highest BCUT2D eigenvalue weighted by Gasteiger charge is 2.13. The van der Waals surface area contributed by atoms with Crippen molar-refractivity contribution in [2.45, 2.75) is 6.61 Å². The summed E-state index contributed by atoms with van der Waals surface area (Å²) in [5.74, 6) is 0.466. The van der Waals surface area contributed by atoms with Crippen LogP contribution in [0.1, 0.15) is 5.56 Å². The smallest absolute Gasteiger partial charge is 0.292 e. The van der Waals surface area contributed by atoms with Gasteiger partial charge < -0.3 is 10.1 Å². The van der Waals surface area contributed by atoms with Crippen LogP contribution in [0.15, 0.2) is 36.4 Å². The summed E-state index contributed by atoms with van der Waals surface area (Å²) in [6.07, 6.45) is 0. The molecule has 0 atom stereocenters. The summed E-state index contributed by atoms with van der Waals surface area (Å²) in [6, 6.07) is 9.67. The summed E-state index contributed by atoms with van der Waals surface area (Å²) < 4.78 is 5.59.